The number of thiophene rings is 1. The lowest BCUT2D eigenvalue weighted by molar-refractivity contribution is -0.00221. The number of pyridine rings is 1. The Balaban J connectivity index is 1.41. The molecule has 2 fully saturated rings. The van der Waals surface area contributed by atoms with Gasteiger partial charge in [0.2, 0.25) is 0 Å². The van der Waals surface area contributed by atoms with Crippen molar-refractivity contribution < 1.29 is 4.74 Å². The van der Waals surface area contributed by atoms with E-state index in [1.54, 1.807) is 6.20 Å². The molecular weight excluding hydrogens is 380 g/mol. The summed E-state index contributed by atoms with van der Waals surface area (Å²) in [5.41, 5.74) is 2.47. The monoisotopic (exact) mass is 406 g/mol. The number of hydrogen-bond donors (Lipinski definition) is 1. The highest BCUT2D eigenvalue weighted by Gasteiger charge is 2.36. The fourth-order valence-electron chi connectivity index (χ4n) is 4.83. The molecule has 2 unspecified atom stereocenters. The van der Waals surface area contributed by atoms with Crippen molar-refractivity contribution in [3.63, 3.8) is 0 Å². The normalized spacial score (nSPS) is 24.4. The van der Waals surface area contributed by atoms with Gasteiger partial charge in [-0.1, -0.05) is 0 Å². The number of fused-ring (bicyclic) bond motifs is 3. The predicted octanol–water partition coefficient (Wildman–Crippen LogP) is 5.00. The van der Waals surface area contributed by atoms with Gasteiger partial charge in [0.25, 0.3) is 0 Å². The van der Waals surface area contributed by atoms with Crippen molar-refractivity contribution in [2.45, 2.75) is 63.5 Å². The molecule has 2 aliphatic carbocycles. The van der Waals surface area contributed by atoms with Gasteiger partial charge in [-0.3, -0.25) is 4.98 Å². The summed E-state index contributed by atoms with van der Waals surface area (Å²) >= 11 is 1.86. The highest BCUT2D eigenvalue weighted by Crippen LogP contribution is 2.41. The van der Waals surface area contributed by atoms with Crippen LogP contribution in [0.2, 0.25) is 0 Å². The molecule has 0 radical (unpaired) electrons. The predicted molar refractivity (Wildman–Crippen MR) is 116 cm³/mol. The van der Waals surface area contributed by atoms with E-state index in [0.717, 1.165) is 53.8 Å². The molecule has 1 saturated heterocycles. The second-order valence-corrected chi connectivity index (χ2v) is 9.72. The van der Waals surface area contributed by atoms with Crippen LogP contribution in [0.15, 0.2) is 24.5 Å². The minimum Gasteiger partial charge on any atom is -0.378 e. The SMILES string of the molecule is c1cncc(-c2nc(NC3CCOC(C4CC4)C3)c3c4c(sc3n2)CCCC4)c1. The molecule has 3 aliphatic rings. The summed E-state index contributed by atoms with van der Waals surface area (Å²) in [5.74, 6) is 2.58. The Morgan fingerprint density at radius 1 is 1.10 bits per heavy atom. The highest BCUT2D eigenvalue weighted by atomic mass is 32.1. The lowest BCUT2D eigenvalue weighted by atomic mass is 9.96. The summed E-state index contributed by atoms with van der Waals surface area (Å²) in [6.07, 6.45) is 13.8. The van der Waals surface area contributed by atoms with E-state index >= 15 is 0 Å². The van der Waals surface area contributed by atoms with Crippen molar-refractivity contribution >= 4 is 27.4 Å². The Labute approximate surface area is 174 Å². The van der Waals surface area contributed by atoms with Crippen LogP contribution in [0.4, 0.5) is 5.82 Å². The van der Waals surface area contributed by atoms with Gasteiger partial charge >= 0.3 is 0 Å². The second kappa shape index (κ2) is 7.33. The maximum absolute atomic E-state index is 6.05. The number of rotatable bonds is 4. The van der Waals surface area contributed by atoms with E-state index in [1.165, 1.54) is 47.9 Å². The standard InChI is InChI=1S/C23H26N4OS/c1-2-6-19-17(5-1)20-22(25-16-9-11-28-18(12-16)14-7-8-14)26-21(27-23(20)29-19)15-4-3-10-24-13-15/h3-4,10,13-14,16,18H,1-2,5-9,11-12H2,(H,25,26,27). The first-order valence-electron chi connectivity index (χ1n) is 11.0. The van der Waals surface area contributed by atoms with Crippen molar-refractivity contribution in [2.75, 3.05) is 11.9 Å². The maximum atomic E-state index is 6.05. The molecule has 0 amide bonds. The summed E-state index contributed by atoms with van der Waals surface area (Å²) < 4.78 is 6.05. The quantitative estimate of drug-likeness (QED) is 0.661. The largest absolute Gasteiger partial charge is 0.378 e. The molecule has 1 saturated carbocycles. The third-order valence-corrected chi connectivity index (χ3v) is 7.72. The van der Waals surface area contributed by atoms with Crippen molar-refractivity contribution in [1.29, 1.82) is 0 Å². The molecule has 1 aliphatic heterocycles. The van der Waals surface area contributed by atoms with E-state index < -0.39 is 0 Å². The summed E-state index contributed by atoms with van der Waals surface area (Å²) in [4.78, 5) is 16.9. The molecule has 2 atom stereocenters. The van der Waals surface area contributed by atoms with Crippen LogP contribution in [0.5, 0.6) is 0 Å². The van der Waals surface area contributed by atoms with Crippen LogP contribution in [0, 0.1) is 5.92 Å². The first kappa shape index (κ1) is 17.8. The number of nitrogens with one attached hydrogen (secondary N) is 1. The number of ether oxygens (including phenoxy) is 1. The van der Waals surface area contributed by atoms with Crippen LogP contribution in [-0.2, 0) is 17.6 Å². The summed E-state index contributed by atoms with van der Waals surface area (Å²) in [5, 5.41) is 5.11. The highest BCUT2D eigenvalue weighted by molar-refractivity contribution is 7.19. The Morgan fingerprint density at radius 3 is 2.90 bits per heavy atom. The topological polar surface area (TPSA) is 59.9 Å². The molecule has 29 heavy (non-hydrogen) atoms. The van der Waals surface area contributed by atoms with Crippen molar-refractivity contribution in [3.8, 4) is 11.4 Å². The number of anilines is 1. The molecule has 4 heterocycles. The van der Waals surface area contributed by atoms with Gasteiger partial charge in [-0.2, -0.15) is 0 Å². The van der Waals surface area contributed by atoms with Gasteiger partial charge in [-0.25, -0.2) is 9.97 Å². The number of aromatic nitrogens is 3. The molecule has 0 spiro atoms. The summed E-state index contributed by atoms with van der Waals surface area (Å²) in [6, 6.07) is 4.42. The molecule has 5 nitrogen and oxygen atoms in total. The summed E-state index contributed by atoms with van der Waals surface area (Å²) in [6.45, 7) is 0.851. The van der Waals surface area contributed by atoms with Crippen molar-refractivity contribution in [1.82, 2.24) is 15.0 Å². The fourth-order valence-corrected chi connectivity index (χ4v) is 6.10. The zero-order valence-electron chi connectivity index (χ0n) is 16.6. The van der Waals surface area contributed by atoms with Gasteiger partial charge in [0.05, 0.1) is 11.5 Å². The van der Waals surface area contributed by atoms with Gasteiger partial charge in [0.1, 0.15) is 10.6 Å². The second-order valence-electron chi connectivity index (χ2n) is 8.64. The maximum Gasteiger partial charge on any atom is 0.164 e. The van der Waals surface area contributed by atoms with Crippen molar-refractivity contribution in [3.05, 3.63) is 35.0 Å². The van der Waals surface area contributed by atoms with Crippen molar-refractivity contribution in [2.24, 2.45) is 5.92 Å². The van der Waals surface area contributed by atoms with E-state index in [2.05, 4.69) is 10.3 Å². The van der Waals surface area contributed by atoms with Crippen LogP contribution in [0.25, 0.3) is 21.6 Å². The van der Waals surface area contributed by atoms with Gasteiger partial charge < -0.3 is 10.1 Å². The molecule has 1 N–H and O–H groups in total. The zero-order chi connectivity index (χ0) is 19.2. The average Bonchev–Trinajstić information content (AvgIpc) is 3.55. The molecule has 6 heteroatoms. The number of hydrogen-bond acceptors (Lipinski definition) is 6. The van der Waals surface area contributed by atoms with E-state index in [4.69, 9.17) is 14.7 Å². The summed E-state index contributed by atoms with van der Waals surface area (Å²) in [7, 11) is 0. The van der Waals surface area contributed by atoms with Gasteiger partial charge in [0, 0.05) is 35.5 Å². The lowest BCUT2D eigenvalue weighted by Gasteiger charge is -2.31. The first-order valence-corrected chi connectivity index (χ1v) is 11.8. The Bertz CT molecular complexity index is 1030. The Morgan fingerprint density at radius 2 is 2.03 bits per heavy atom. The Hall–Kier alpha value is -2.05. The van der Waals surface area contributed by atoms with E-state index in [9.17, 15) is 0 Å². The van der Waals surface area contributed by atoms with Gasteiger partial charge in [-0.15, -0.1) is 11.3 Å². The van der Waals surface area contributed by atoms with Crippen LogP contribution in [0.3, 0.4) is 0 Å². The molecule has 6 rings (SSSR count). The molecule has 3 aromatic rings. The number of nitrogens with zero attached hydrogens (tertiary/aromatic N) is 3. The molecule has 0 bridgehead atoms. The van der Waals surface area contributed by atoms with Crippen LogP contribution in [-0.4, -0.2) is 33.7 Å². The molecular formula is C23H26N4OS. The van der Waals surface area contributed by atoms with E-state index in [-0.39, 0.29) is 0 Å². The third kappa shape index (κ3) is 3.42. The minimum atomic E-state index is 0.424. The zero-order valence-corrected chi connectivity index (χ0v) is 17.4. The number of aryl methyl sites for hydroxylation is 2. The average molecular weight is 407 g/mol. The molecule has 3 aromatic heterocycles. The molecule has 150 valence electrons. The lowest BCUT2D eigenvalue weighted by Crippen LogP contribution is -2.35. The van der Waals surface area contributed by atoms with E-state index in [1.807, 2.05) is 29.7 Å². The first-order chi connectivity index (χ1) is 14.3. The Kier molecular flexibility index (Phi) is 4.49. The van der Waals surface area contributed by atoms with Crippen LogP contribution < -0.4 is 5.32 Å². The van der Waals surface area contributed by atoms with Crippen LogP contribution >= 0.6 is 11.3 Å². The fraction of sp³-hybridized carbons (Fsp3) is 0.522. The van der Waals surface area contributed by atoms with Gasteiger partial charge in [0.15, 0.2) is 5.82 Å². The third-order valence-electron chi connectivity index (χ3n) is 6.54. The van der Waals surface area contributed by atoms with Gasteiger partial charge in [-0.05, 0) is 75.0 Å². The van der Waals surface area contributed by atoms with Crippen LogP contribution in [0.1, 0.15) is 49.0 Å². The molecule has 0 aromatic carbocycles. The van der Waals surface area contributed by atoms with E-state index in [0.29, 0.717) is 12.1 Å². The smallest absolute Gasteiger partial charge is 0.164 e. The minimum absolute atomic E-state index is 0.424.